The van der Waals surface area contributed by atoms with E-state index in [9.17, 15) is 9.90 Å². The summed E-state index contributed by atoms with van der Waals surface area (Å²) in [6.07, 6.45) is -0.504. The molecule has 26 heavy (non-hydrogen) atoms. The lowest BCUT2D eigenvalue weighted by Crippen LogP contribution is -2.30. The number of para-hydroxylation sites is 2. The lowest BCUT2D eigenvalue weighted by Gasteiger charge is -2.16. The Balaban J connectivity index is 1.78. The molecule has 6 nitrogen and oxygen atoms in total. The second kappa shape index (κ2) is 8.01. The minimum atomic E-state index is -0.504. The standard InChI is InChI=1S/C20H24N4O2/c1-14(25)12-21-20-23-17-10-6-7-11-18(17)24(20)13-19(26)22-15(2)16-8-4-3-5-9-16/h3-11,14-15,25H,12-13H2,1-2H3,(H,21,23)(H,22,26). The van der Waals surface area contributed by atoms with Gasteiger partial charge in [0.1, 0.15) is 6.54 Å². The molecule has 0 aliphatic rings. The molecule has 3 aromatic rings. The van der Waals surface area contributed by atoms with Crippen LogP contribution in [-0.2, 0) is 11.3 Å². The van der Waals surface area contributed by atoms with Crippen LogP contribution in [0.1, 0.15) is 25.5 Å². The molecule has 0 fully saturated rings. The first kappa shape index (κ1) is 17.9. The smallest absolute Gasteiger partial charge is 0.240 e. The number of imidazole rings is 1. The predicted octanol–water partition coefficient (Wildman–Crippen LogP) is 2.71. The molecule has 6 heteroatoms. The number of hydrogen-bond acceptors (Lipinski definition) is 4. The van der Waals surface area contributed by atoms with Gasteiger partial charge in [-0.1, -0.05) is 42.5 Å². The zero-order chi connectivity index (χ0) is 18.5. The van der Waals surface area contributed by atoms with Crippen molar-refractivity contribution in [2.75, 3.05) is 11.9 Å². The fourth-order valence-electron chi connectivity index (χ4n) is 2.87. The first-order valence-electron chi connectivity index (χ1n) is 8.76. The number of rotatable bonds is 7. The van der Waals surface area contributed by atoms with Gasteiger partial charge in [-0.3, -0.25) is 4.79 Å². The maximum absolute atomic E-state index is 12.6. The molecule has 1 amide bonds. The number of anilines is 1. The minimum absolute atomic E-state index is 0.0765. The Bertz CT molecular complexity index is 874. The number of nitrogens with one attached hydrogen (secondary N) is 2. The Hall–Kier alpha value is -2.86. The molecule has 0 aliphatic heterocycles. The average molecular weight is 352 g/mol. The summed E-state index contributed by atoms with van der Waals surface area (Å²) in [7, 11) is 0. The van der Waals surface area contributed by atoms with E-state index >= 15 is 0 Å². The number of aromatic nitrogens is 2. The van der Waals surface area contributed by atoms with E-state index < -0.39 is 6.10 Å². The monoisotopic (exact) mass is 352 g/mol. The molecule has 3 rings (SSSR count). The number of benzene rings is 2. The van der Waals surface area contributed by atoms with Gasteiger partial charge in [-0.15, -0.1) is 0 Å². The normalized spacial score (nSPS) is 13.3. The van der Waals surface area contributed by atoms with Gasteiger partial charge in [-0.2, -0.15) is 0 Å². The van der Waals surface area contributed by atoms with Crippen molar-refractivity contribution in [2.24, 2.45) is 0 Å². The zero-order valence-electron chi connectivity index (χ0n) is 15.0. The van der Waals surface area contributed by atoms with E-state index in [1.807, 2.05) is 66.1 Å². The Morgan fingerprint density at radius 1 is 1.12 bits per heavy atom. The molecule has 2 unspecified atom stereocenters. The molecule has 0 saturated heterocycles. The number of hydrogen-bond donors (Lipinski definition) is 3. The topological polar surface area (TPSA) is 79.2 Å². The number of aliphatic hydroxyl groups excluding tert-OH is 1. The second-order valence-corrected chi connectivity index (χ2v) is 6.44. The molecule has 136 valence electrons. The van der Waals surface area contributed by atoms with Gasteiger partial charge >= 0.3 is 0 Å². The van der Waals surface area contributed by atoms with Crippen molar-refractivity contribution in [2.45, 2.75) is 32.5 Å². The van der Waals surface area contributed by atoms with Crippen LogP contribution in [0.3, 0.4) is 0 Å². The van der Waals surface area contributed by atoms with Crippen LogP contribution in [-0.4, -0.2) is 33.2 Å². The molecule has 0 saturated carbocycles. The largest absolute Gasteiger partial charge is 0.392 e. The molecule has 1 heterocycles. The summed E-state index contributed by atoms with van der Waals surface area (Å²) >= 11 is 0. The number of fused-ring (bicyclic) bond motifs is 1. The van der Waals surface area contributed by atoms with E-state index in [0.717, 1.165) is 16.6 Å². The molecule has 0 bridgehead atoms. The summed E-state index contributed by atoms with van der Waals surface area (Å²) in [6.45, 7) is 4.19. The molecule has 3 N–H and O–H groups in total. The Kier molecular flexibility index (Phi) is 5.53. The molecule has 2 aromatic carbocycles. The highest BCUT2D eigenvalue weighted by Gasteiger charge is 2.15. The fraction of sp³-hybridized carbons (Fsp3) is 0.300. The molecule has 0 radical (unpaired) electrons. The minimum Gasteiger partial charge on any atom is -0.392 e. The van der Waals surface area contributed by atoms with E-state index in [1.54, 1.807) is 6.92 Å². The van der Waals surface area contributed by atoms with Gasteiger partial charge in [0.15, 0.2) is 0 Å². The molecule has 1 aromatic heterocycles. The number of carbonyl (C=O) groups is 1. The van der Waals surface area contributed by atoms with Crippen molar-refractivity contribution >= 4 is 22.9 Å². The Morgan fingerprint density at radius 2 is 1.81 bits per heavy atom. The van der Waals surface area contributed by atoms with E-state index in [4.69, 9.17) is 0 Å². The fourth-order valence-corrected chi connectivity index (χ4v) is 2.87. The maximum atomic E-state index is 12.6. The molecular formula is C20H24N4O2. The van der Waals surface area contributed by atoms with Crippen LogP contribution in [0, 0.1) is 0 Å². The van der Waals surface area contributed by atoms with E-state index in [2.05, 4.69) is 15.6 Å². The van der Waals surface area contributed by atoms with Gasteiger partial charge in [-0.05, 0) is 31.5 Å². The SMILES string of the molecule is CC(O)CNc1nc2ccccc2n1CC(=O)NC(C)c1ccccc1. The summed E-state index contributed by atoms with van der Waals surface area (Å²) in [5.74, 6) is 0.485. The van der Waals surface area contributed by atoms with E-state index in [-0.39, 0.29) is 18.5 Å². The predicted molar refractivity (Wildman–Crippen MR) is 103 cm³/mol. The lowest BCUT2D eigenvalue weighted by atomic mass is 10.1. The van der Waals surface area contributed by atoms with Gasteiger partial charge in [-0.25, -0.2) is 4.98 Å². The van der Waals surface area contributed by atoms with E-state index in [0.29, 0.717) is 12.5 Å². The Morgan fingerprint density at radius 3 is 2.54 bits per heavy atom. The molecule has 2 atom stereocenters. The van der Waals surface area contributed by atoms with Crippen LogP contribution >= 0.6 is 0 Å². The summed E-state index contributed by atoms with van der Waals surface area (Å²) in [5, 5.41) is 15.7. The average Bonchev–Trinajstić information content (AvgIpc) is 2.98. The van der Waals surface area contributed by atoms with Crippen LogP contribution in [0.5, 0.6) is 0 Å². The van der Waals surface area contributed by atoms with Crippen LogP contribution in [0.15, 0.2) is 54.6 Å². The third-order valence-corrected chi connectivity index (χ3v) is 4.19. The molecule has 0 aliphatic carbocycles. The number of aliphatic hydroxyl groups is 1. The Labute approximate surface area is 152 Å². The number of carbonyl (C=O) groups excluding carboxylic acids is 1. The first-order valence-corrected chi connectivity index (χ1v) is 8.76. The maximum Gasteiger partial charge on any atom is 0.240 e. The van der Waals surface area contributed by atoms with Gasteiger partial charge in [0.05, 0.1) is 23.2 Å². The van der Waals surface area contributed by atoms with Gasteiger partial charge in [0.2, 0.25) is 11.9 Å². The van der Waals surface area contributed by atoms with Crippen LogP contribution < -0.4 is 10.6 Å². The van der Waals surface area contributed by atoms with Crippen molar-refractivity contribution in [3.05, 3.63) is 60.2 Å². The van der Waals surface area contributed by atoms with Gasteiger partial charge < -0.3 is 20.3 Å². The second-order valence-electron chi connectivity index (χ2n) is 6.44. The highest BCUT2D eigenvalue weighted by atomic mass is 16.3. The highest BCUT2D eigenvalue weighted by Crippen LogP contribution is 2.20. The quantitative estimate of drug-likeness (QED) is 0.611. The lowest BCUT2D eigenvalue weighted by molar-refractivity contribution is -0.122. The molecular weight excluding hydrogens is 328 g/mol. The third-order valence-electron chi connectivity index (χ3n) is 4.19. The number of amides is 1. The van der Waals surface area contributed by atoms with Gasteiger partial charge in [0, 0.05) is 6.54 Å². The summed E-state index contributed by atoms with van der Waals surface area (Å²) < 4.78 is 1.84. The zero-order valence-corrected chi connectivity index (χ0v) is 15.0. The van der Waals surface area contributed by atoms with Gasteiger partial charge in [0.25, 0.3) is 0 Å². The van der Waals surface area contributed by atoms with Crippen molar-refractivity contribution in [1.82, 2.24) is 14.9 Å². The van der Waals surface area contributed by atoms with Crippen LogP contribution in [0.2, 0.25) is 0 Å². The summed E-state index contributed by atoms with van der Waals surface area (Å²) in [6, 6.07) is 17.5. The van der Waals surface area contributed by atoms with Crippen molar-refractivity contribution in [3.8, 4) is 0 Å². The van der Waals surface area contributed by atoms with Crippen molar-refractivity contribution in [1.29, 1.82) is 0 Å². The summed E-state index contributed by atoms with van der Waals surface area (Å²) in [5.41, 5.74) is 2.75. The highest BCUT2D eigenvalue weighted by molar-refractivity contribution is 5.83. The van der Waals surface area contributed by atoms with Crippen LogP contribution in [0.25, 0.3) is 11.0 Å². The first-order chi connectivity index (χ1) is 12.5. The molecule has 0 spiro atoms. The van der Waals surface area contributed by atoms with Crippen molar-refractivity contribution in [3.63, 3.8) is 0 Å². The third kappa shape index (κ3) is 4.21. The summed E-state index contributed by atoms with van der Waals surface area (Å²) in [4.78, 5) is 17.1. The van der Waals surface area contributed by atoms with E-state index in [1.165, 1.54) is 0 Å². The van der Waals surface area contributed by atoms with Crippen molar-refractivity contribution < 1.29 is 9.90 Å². The number of nitrogens with zero attached hydrogens (tertiary/aromatic N) is 2. The van der Waals surface area contributed by atoms with Crippen LogP contribution in [0.4, 0.5) is 5.95 Å².